The van der Waals surface area contributed by atoms with Crippen molar-refractivity contribution in [3.8, 4) is 0 Å². The van der Waals surface area contributed by atoms with E-state index in [2.05, 4.69) is 40.1 Å². The summed E-state index contributed by atoms with van der Waals surface area (Å²) < 4.78 is 0. The largest absolute Gasteiger partial charge is 0.310 e. The van der Waals surface area contributed by atoms with Crippen LogP contribution in [0.4, 0.5) is 0 Å². The highest BCUT2D eigenvalue weighted by atomic mass is 32.1. The van der Waals surface area contributed by atoms with E-state index in [4.69, 9.17) is 0 Å². The third kappa shape index (κ3) is 2.08. The SMILES string of the molecule is CCNC(c1ccsc1)C1CCc2cccnc21. The van der Waals surface area contributed by atoms with Crippen LogP contribution in [0.3, 0.4) is 0 Å². The molecule has 3 heteroatoms. The minimum absolute atomic E-state index is 0.414. The maximum atomic E-state index is 4.62. The van der Waals surface area contributed by atoms with Gasteiger partial charge in [-0.25, -0.2) is 0 Å². The van der Waals surface area contributed by atoms with Crippen LogP contribution in [0.2, 0.25) is 0 Å². The van der Waals surface area contributed by atoms with E-state index < -0.39 is 0 Å². The second kappa shape index (κ2) is 5.21. The predicted molar refractivity (Wildman–Crippen MR) is 76.0 cm³/mol. The molecule has 18 heavy (non-hydrogen) atoms. The van der Waals surface area contributed by atoms with E-state index in [1.165, 1.54) is 29.7 Å². The molecule has 0 aromatic carbocycles. The summed E-state index contributed by atoms with van der Waals surface area (Å²) in [5.41, 5.74) is 4.14. The number of pyridine rings is 1. The van der Waals surface area contributed by atoms with Gasteiger partial charge >= 0.3 is 0 Å². The number of hydrogen-bond donors (Lipinski definition) is 1. The maximum absolute atomic E-state index is 4.62. The van der Waals surface area contributed by atoms with E-state index in [-0.39, 0.29) is 0 Å². The minimum Gasteiger partial charge on any atom is -0.310 e. The monoisotopic (exact) mass is 258 g/mol. The van der Waals surface area contributed by atoms with Crippen molar-refractivity contribution < 1.29 is 0 Å². The molecule has 1 aliphatic rings. The van der Waals surface area contributed by atoms with Crippen molar-refractivity contribution in [2.24, 2.45) is 0 Å². The van der Waals surface area contributed by atoms with Gasteiger partial charge in [0, 0.05) is 23.9 Å². The van der Waals surface area contributed by atoms with Crippen LogP contribution in [0.5, 0.6) is 0 Å². The molecule has 2 aromatic heterocycles. The molecular formula is C15H18N2S. The summed E-state index contributed by atoms with van der Waals surface area (Å²) >= 11 is 1.77. The zero-order chi connectivity index (χ0) is 12.4. The Labute approximate surface area is 112 Å². The van der Waals surface area contributed by atoms with Gasteiger partial charge in [0.05, 0.1) is 0 Å². The first-order valence-electron chi connectivity index (χ1n) is 6.59. The standard InChI is InChI=1S/C15H18N2S/c1-2-16-15(12-7-9-18-10-12)13-6-5-11-4-3-8-17-14(11)13/h3-4,7-10,13,15-16H,2,5-6H2,1H3. The van der Waals surface area contributed by atoms with Crippen LogP contribution in [0.1, 0.15) is 42.1 Å². The van der Waals surface area contributed by atoms with Crippen molar-refractivity contribution in [2.75, 3.05) is 6.54 Å². The number of thiophene rings is 1. The molecule has 0 saturated heterocycles. The Kier molecular flexibility index (Phi) is 3.43. The van der Waals surface area contributed by atoms with Gasteiger partial charge in [0.1, 0.15) is 0 Å². The van der Waals surface area contributed by atoms with E-state index in [1.54, 1.807) is 11.3 Å². The molecule has 0 fully saturated rings. The fourth-order valence-corrected chi connectivity index (χ4v) is 3.63. The summed E-state index contributed by atoms with van der Waals surface area (Å²) in [6, 6.07) is 6.92. The Hall–Kier alpha value is -1.19. The van der Waals surface area contributed by atoms with Crippen LogP contribution >= 0.6 is 11.3 Å². The topological polar surface area (TPSA) is 24.9 Å². The van der Waals surface area contributed by atoms with Crippen LogP contribution < -0.4 is 5.32 Å². The second-order valence-electron chi connectivity index (χ2n) is 4.78. The summed E-state index contributed by atoms with van der Waals surface area (Å²) in [4.78, 5) is 4.62. The third-order valence-electron chi connectivity index (χ3n) is 3.73. The first kappa shape index (κ1) is 11.9. The van der Waals surface area contributed by atoms with Crippen LogP contribution in [-0.2, 0) is 6.42 Å². The summed E-state index contributed by atoms with van der Waals surface area (Å²) in [6.45, 7) is 3.17. The zero-order valence-electron chi connectivity index (χ0n) is 10.6. The molecule has 2 aromatic rings. The highest BCUT2D eigenvalue weighted by molar-refractivity contribution is 7.07. The van der Waals surface area contributed by atoms with Crippen molar-refractivity contribution in [3.05, 3.63) is 52.0 Å². The minimum atomic E-state index is 0.414. The number of aromatic nitrogens is 1. The first-order valence-corrected chi connectivity index (χ1v) is 7.53. The molecule has 0 bridgehead atoms. The van der Waals surface area contributed by atoms with Crippen molar-refractivity contribution in [2.45, 2.75) is 31.7 Å². The second-order valence-corrected chi connectivity index (χ2v) is 5.56. The van der Waals surface area contributed by atoms with Crippen molar-refractivity contribution in [1.82, 2.24) is 10.3 Å². The molecule has 3 rings (SSSR count). The molecule has 0 amide bonds. The molecule has 2 heterocycles. The van der Waals surface area contributed by atoms with E-state index in [1.807, 2.05) is 12.3 Å². The Morgan fingerprint density at radius 2 is 2.44 bits per heavy atom. The molecule has 0 spiro atoms. The summed E-state index contributed by atoms with van der Waals surface area (Å²) in [6.07, 6.45) is 4.30. The normalized spacial score (nSPS) is 19.7. The van der Waals surface area contributed by atoms with Gasteiger partial charge in [-0.15, -0.1) is 0 Å². The molecule has 94 valence electrons. The van der Waals surface area contributed by atoms with E-state index in [9.17, 15) is 0 Å². The Balaban J connectivity index is 1.93. The van der Waals surface area contributed by atoms with Crippen molar-refractivity contribution in [3.63, 3.8) is 0 Å². The Bertz CT molecular complexity index is 505. The van der Waals surface area contributed by atoms with Crippen LogP contribution in [0, 0.1) is 0 Å². The van der Waals surface area contributed by atoms with E-state index in [0.717, 1.165) is 6.54 Å². The number of nitrogens with zero attached hydrogens (tertiary/aromatic N) is 1. The average molecular weight is 258 g/mol. The predicted octanol–water partition coefficient (Wildman–Crippen LogP) is 3.52. The molecule has 0 aliphatic heterocycles. The van der Waals surface area contributed by atoms with Crippen LogP contribution in [-0.4, -0.2) is 11.5 Å². The van der Waals surface area contributed by atoms with Gasteiger partial charge in [-0.05, 0) is 53.4 Å². The van der Waals surface area contributed by atoms with Crippen LogP contribution in [0.25, 0.3) is 0 Å². The number of hydrogen-bond acceptors (Lipinski definition) is 3. The quantitative estimate of drug-likeness (QED) is 0.907. The number of likely N-dealkylation sites (N-methyl/N-ethyl adjacent to an activating group) is 1. The lowest BCUT2D eigenvalue weighted by atomic mass is 9.92. The third-order valence-corrected chi connectivity index (χ3v) is 4.43. The first-order chi connectivity index (χ1) is 8.90. The molecule has 1 N–H and O–H groups in total. The van der Waals surface area contributed by atoms with Gasteiger partial charge < -0.3 is 5.32 Å². The van der Waals surface area contributed by atoms with E-state index in [0.29, 0.717) is 12.0 Å². The molecule has 0 saturated carbocycles. The zero-order valence-corrected chi connectivity index (χ0v) is 11.4. The Morgan fingerprint density at radius 3 is 3.22 bits per heavy atom. The Morgan fingerprint density at radius 1 is 1.50 bits per heavy atom. The van der Waals surface area contributed by atoms with Crippen molar-refractivity contribution in [1.29, 1.82) is 0 Å². The molecule has 1 aliphatic carbocycles. The molecule has 2 unspecified atom stereocenters. The van der Waals surface area contributed by atoms with Gasteiger partial charge in [-0.3, -0.25) is 4.98 Å². The summed E-state index contributed by atoms with van der Waals surface area (Å²) in [5, 5.41) is 8.05. The van der Waals surface area contributed by atoms with E-state index >= 15 is 0 Å². The van der Waals surface area contributed by atoms with Crippen molar-refractivity contribution >= 4 is 11.3 Å². The smallest absolute Gasteiger partial charge is 0.0485 e. The fraction of sp³-hybridized carbons (Fsp3) is 0.400. The highest BCUT2D eigenvalue weighted by Gasteiger charge is 2.31. The lowest BCUT2D eigenvalue weighted by Gasteiger charge is -2.24. The number of fused-ring (bicyclic) bond motifs is 1. The van der Waals surface area contributed by atoms with Gasteiger partial charge in [-0.2, -0.15) is 11.3 Å². The number of aryl methyl sites for hydroxylation is 1. The molecule has 0 radical (unpaired) electrons. The maximum Gasteiger partial charge on any atom is 0.0485 e. The van der Waals surface area contributed by atoms with Gasteiger partial charge in [-0.1, -0.05) is 13.0 Å². The molecule has 2 atom stereocenters. The summed E-state index contributed by atoms with van der Waals surface area (Å²) in [5.74, 6) is 0.524. The summed E-state index contributed by atoms with van der Waals surface area (Å²) in [7, 11) is 0. The lowest BCUT2D eigenvalue weighted by Crippen LogP contribution is -2.26. The highest BCUT2D eigenvalue weighted by Crippen LogP contribution is 2.40. The van der Waals surface area contributed by atoms with Crippen LogP contribution in [0.15, 0.2) is 35.2 Å². The molecular weight excluding hydrogens is 240 g/mol. The average Bonchev–Trinajstić information content (AvgIpc) is 3.06. The lowest BCUT2D eigenvalue weighted by molar-refractivity contribution is 0.448. The van der Waals surface area contributed by atoms with Gasteiger partial charge in [0.25, 0.3) is 0 Å². The fourth-order valence-electron chi connectivity index (χ4n) is 2.93. The van der Waals surface area contributed by atoms with Gasteiger partial charge in [0.15, 0.2) is 0 Å². The molecule has 2 nitrogen and oxygen atoms in total. The van der Waals surface area contributed by atoms with Gasteiger partial charge in [0.2, 0.25) is 0 Å². The number of nitrogens with one attached hydrogen (secondary N) is 1. The number of rotatable bonds is 4.